The molecule has 166 valence electrons. The minimum Gasteiger partial charge on any atom is -0.396 e. The summed E-state index contributed by atoms with van der Waals surface area (Å²) in [5.41, 5.74) is 3.40. The third kappa shape index (κ3) is 4.38. The van der Waals surface area contributed by atoms with Gasteiger partial charge < -0.3 is 15.3 Å². The first kappa shape index (κ1) is 23.0. The van der Waals surface area contributed by atoms with Crippen molar-refractivity contribution in [1.82, 2.24) is 0 Å². The van der Waals surface area contributed by atoms with Crippen LogP contribution < -0.4 is 0 Å². The van der Waals surface area contributed by atoms with Gasteiger partial charge in [-0.25, -0.2) is 0 Å². The highest BCUT2D eigenvalue weighted by Gasteiger charge is 2.57. The summed E-state index contributed by atoms with van der Waals surface area (Å²) in [6.45, 7) is 9.74. The van der Waals surface area contributed by atoms with Gasteiger partial charge in [0, 0.05) is 12.5 Å². The first-order valence-corrected chi connectivity index (χ1v) is 12.1. The number of aliphatic hydroxyl groups excluding tert-OH is 3. The van der Waals surface area contributed by atoms with Gasteiger partial charge >= 0.3 is 0 Å². The van der Waals surface area contributed by atoms with Gasteiger partial charge in [-0.15, -0.1) is 0 Å². The van der Waals surface area contributed by atoms with E-state index >= 15 is 0 Å². The Bertz CT molecular complexity index is 609. The second-order valence-electron chi connectivity index (χ2n) is 10.9. The van der Waals surface area contributed by atoms with Crippen LogP contribution in [0.3, 0.4) is 0 Å². The molecule has 0 heterocycles. The molecule has 0 saturated heterocycles. The predicted molar refractivity (Wildman–Crippen MR) is 119 cm³/mol. The van der Waals surface area contributed by atoms with Crippen molar-refractivity contribution in [1.29, 1.82) is 0 Å². The van der Waals surface area contributed by atoms with E-state index in [1.54, 1.807) is 5.57 Å². The third-order valence-corrected chi connectivity index (χ3v) is 9.32. The summed E-state index contributed by atoms with van der Waals surface area (Å²) < 4.78 is 0. The number of hydrogen-bond acceptors (Lipinski definition) is 3. The molecule has 0 radical (unpaired) electrons. The molecular weight excluding hydrogens is 360 g/mol. The minimum absolute atomic E-state index is 0.0294. The molecule has 3 fully saturated rings. The maximum absolute atomic E-state index is 10.2. The van der Waals surface area contributed by atoms with Crippen LogP contribution in [0, 0.1) is 28.6 Å². The molecule has 0 unspecified atom stereocenters. The van der Waals surface area contributed by atoms with Crippen molar-refractivity contribution < 1.29 is 15.3 Å². The van der Waals surface area contributed by atoms with Crippen molar-refractivity contribution in [2.24, 2.45) is 28.6 Å². The van der Waals surface area contributed by atoms with Crippen LogP contribution in [0.5, 0.6) is 0 Å². The van der Waals surface area contributed by atoms with E-state index in [1.165, 1.54) is 44.1 Å². The van der Waals surface area contributed by atoms with Crippen molar-refractivity contribution in [2.45, 2.75) is 104 Å². The number of rotatable bonds is 6. The van der Waals surface area contributed by atoms with E-state index in [1.807, 2.05) is 6.92 Å². The molecular formula is C26H44O3. The Morgan fingerprint density at radius 2 is 1.76 bits per heavy atom. The minimum atomic E-state index is -0.425. The van der Waals surface area contributed by atoms with E-state index in [-0.39, 0.29) is 11.3 Å². The lowest BCUT2D eigenvalue weighted by atomic mass is 9.53. The van der Waals surface area contributed by atoms with E-state index in [4.69, 9.17) is 5.11 Å². The zero-order valence-corrected chi connectivity index (χ0v) is 19.2. The SMILES string of the molecule is CC1[C@H](O)CC(=C/C=C2\CCC[C@]3(C)[C@@H]([C@@H](C)CCCCO)CC[C@@]23C)C[C@H]1O. The van der Waals surface area contributed by atoms with Crippen LogP contribution in [0.4, 0.5) is 0 Å². The maximum atomic E-state index is 10.2. The summed E-state index contributed by atoms with van der Waals surface area (Å²) in [6.07, 6.45) is 14.8. The van der Waals surface area contributed by atoms with E-state index in [2.05, 4.69) is 32.9 Å². The van der Waals surface area contributed by atoms with Gasteiger partial charge in [0.2, 0.25) is 0 Å². The van der Waals surface area contributed by atoms with Crippen LogP contribution in [0.1, 0.15) is 91.9 Å². The summed E-state index contributed by atoms with van der Waals surface area (Å²) in [5.74, 6) is 1.45. The van der Waals surface area contributed by atoms with Crippen molar-refractivity contribution in [3.63, 3.8) is 0 Å². The summed E-state index contributed by atoms with van der Waals surface area (Å²) in [7, 11) is 0. The van der Waals surface area contributed by atoms with Crippen LogP contribution in [0.15, 0.2) is 23.3 Å². The van der Waals surface area contributed by atoms with E-state index < -0.39 is 12.2 Å². The fraction of sp³-hybridized carbons (Fsp3) is 0.846. The summed E-state index contributed by atoms with van der Waals surface area (Å²) >= 11 is 0. The second kappa shape index (κ2) is 9.24. The molecule has 0 spiro atoms. The van der Waals surface area contributed by atoms with Crippen molar-refractivity contribution in [3.05, 3.63) is 23.3 Å². The molecule has 0 bridgehead atoms. The van der Waals surface area contributed by atoms with Gasteiger partial charge in [0.1, 0.15) is 0 Å². The number of hydrogen-bond donors (Lipinski definition) is 3. The number of unbranched alkanes of at least 4 members (excludes halogenated alkanes) is 1. The summed E-state index contributed by atoms with van der Waals surface area (Å²) in [5, 5.41) is 29.6. The maximum Gasteiger partial charge on any atom is 0.0627 e. The average molecular weight is 405 g/mol. The Morgan fingerprint density at radius 3 is 2.41 bits per heavy atom. The Kier molecular flexibility index (Phi) is 7.34. The van der Waals surface area contributed by atoms with Gasteiger partial charge in [-0.3, -0.25) is 0 Å². The predicted octanol–water partition coefficient (Wildman–Crippen LogP) is 5.40. The standard InChI is InChI=1S/C26H44O3/c1-18(8-5-6-15-27)22-12-14-25(3)21(9-7-13-26(22,25)4)11-10-20-16-23(28)19(2)24(29)17-20/h10-11,18-19,22-24,27-29H,5-9,12-17H2,1-4H3/b20-10?,21-11+/t18-,19?,22+,23+,24+,25-,26+/m0/s1. The summed E-state index contributed by atoms with van der Waals surface area (Å²) in [6, 6.07) is 0. The molecule has 0 aliphatic heterocycles. The molecule has 3 saturated carbocycles. The number of allylic oxidation sites excluding steroid dienone is 3. The molecule has 29 heavy (non-hydrogen) atoms. The molecule has 0 amide bonds. The molecule has 0 aromatic carbocycles. The zero-order chi connectivity index (χ0) is 21.2. The van der Waals surface area contributed by atoms with Gasteiger partial charge in [0.25, 0.3) is 0 Å². The summed E-state index contributed by atoms with van der Waals surface area (Å²) in [4.78, 5) is 0. The molecule has 3 nitrogen and oxygen atoms in total. The van der Waals surface area contributed by atoms with Crippen molar-refractivity contribution in [2.75, 3.05) is 6.61 Å². The zero-order valence-electron chi connectivity index (χ0n) is 19.2. The van der Waals surface area contributed by atoms with Crippen LogP contribution in [-0.2, 0) is 0 Å². The Hall–Kier alpha value is -0.640. The highest BCUT2D eigenvalue weighted by molar-refractivity contribution is 5.30. The topological polar surface area (TPSA) is 60.7 Å². The van der Waals surface area contributed by atoms with Crippen molar-refractivity contribution >= 4 is 0 Å². The Balaban J connectivity index is 1.77. The van der Waals surface area contributed by atoms with Gasteiger partial charge in [0.05, 0.1) is 12.2 Å². The molecule has 0 aromatic heterocycles. The third-order valence-electron chi connectivity index (χ3n) is 9.32. The van der Waals surface area contributed by atoms with E-state index in [0.29, 0.717) is 24.9 Å². The van der Waals surface area contributed by atoms with Gasteiger partial charge in [-0.05, 0) is 74.0 Å². The van der Waals surface area contributed by atoms with E-state index in [0.717, 1.165) is 24.7 Å². The molecule has 3 heteroatoms. The lowest BCUT2D eigenvalue weighted by Gasteiger charge is -2.51. The highest BCUT2D eigenvalue weighted by Crippen LogP contribution is 2.67. The quantitative estimate of drug-likeness (QED) is 0.520. The van der Waals surface area contributed by atoms with Crippen LogP contribution in [-0.4, -0.2) is 34.1 Å². The van der Waals surface area contributed by atoms with Gasteiger partial charge in [-0.1, -0.05) is 63.8 Å². The lowest BCUT2D eigenvalue weighted by molar-refractivity contribution is 0.00404. The number of fused-ring (bicyclic) bond motifs is 1. The average Bonchev–Trinajstić information content (AvgIpc) is 2.96. The molecule has 6 atom stereocenters. The van der Waals surface area contributed by atoms with Crippen LogP contribution >= 0.6 is 0 Å². The smallest absolute Gasteiger partial charge is 0.0627 e. The fourth-order valence-electron chi connectivity index (χ4n) is 6.93. The molecule has 0 aromatic rings. The normalized spacial score (nSPS) is 42.7. The number of aliphatic hydroxyl groups is 3. The van der Waals surface area contributed by atoms with Crippen LogP contribution in [0.25, 0.3) is 0 Å². The largest absolute Gasteiger partial charge is 0.396 e. The monoisotopic (exact) mass is 404 g/mol. The highest BCUT2D eigenvalue weighted by atomic mass is 16.3. The second-order valence-corrected chi connectivity index (χ2v) is 10.9. The molecule has 3 N–H and O–H groups in total. The van der Waals surface area contributed by atoms with Gasteiger partial charge in [-0.2, -0.15) is 0 Å². The molecule has 3 aliphatic rings. The first-order valence-electron chi connectivity index (χ1n) is 12.1. The molecule has 3 rings (SSSR count). The lowest BCUT2D eigenvalue weighted by Crippen LogP contribution is -2.43. The first-order chi connectivity index (χ1) is 13.7. The molecule has 3 aliphatic carbocycles. The van der Waals surface area contributed by atoms with E-state index in [9.17, 15) is 10.2 Å². The van der Waals surface area contributed by atoms with Crippen molar-refractivity contribution in [3.8, 4) is 0 Å². The fourth-order valence-corrected chi connectivity index (χ4v) is 6.93. The Morgan fingerprint density at radius 1 is 1.07 bits per heavy atom. The van der Waals surface area contributed by atoms with Crippen LogP contribution in [0.2, 0.25) is 0 Å². The Labute approximate surface area is 178 Å². The van der Waals surface area contributed by atoms with Gasteiger partial charge in [0.15, 0.2) is 0 Å².